The molecule has 0 radical (unpaired) electrons. The molecule has 0 spiro atoms. The summed E-state index contributed by atoms with van der Waals surface area (Å²) < 4.78 is 6.95. The molecule has 1 heterocycles. The average Bonchev–Trinajstić information content (AvgIpc) is 3.69. The fourth-order valence-electron chi connectivity index (χ4n) is 9.45. The highest BCUT2D eigenvalue weighted by molar-refractivity contribution is 6.32. The third kappa shape index (κ3) is 4.89. The minimum atomic E-state index is 0.936. The molecule has 0 aliphatic heterocycles. The summed E-state index contributed by atoms with van der Waals surface area (Å²) in [6.07, 6.45) is 0. The molecule has 12 rings (SSSR count). The van der Waals surface area contributed by atoms with Crippen molar-refractivity contribution < 1.29 is 4.42 Å². The summed E-state index contributed by atoms with van der Waals surface area (Å²) in [7, 11) is 0. The Kier molecular flexibility index (Phi) is 7.00. The first-order valence-corrected chi connectivity index (χ1v) is 19.7. The summed E-state index contributed by atoms with van der Waals surface area (Å²) in [5.74, 6) is 0. The predicted octanol–water partition coefficient (Wildman–Crippen LogP) is 16.0. The van der Waals surface area contributed by atoms with E-state index in [0.29, 0.717) is 0 Å². The lowest BCUT2D eigenvalue weighted by molar-refractivity contribution is 0.676. The largest absolute Gasteiger partial charge is 0.455 e. The standard InChI is InChI=1S/C56H34O/c1-2-14-35(15-3-1)37-16-12-18-40(32-37)52-45-23-7-9-25-47(45)53(48-26-10-8-24-46(48)52)41-19-13-17-38(33-41)39-29-28-36-30-31-50-54-44-22-6-4-20-42(44)43-21-5-11-27-49(43)56(54)57-55(50)51(36)34-39/h1-34H. The van der Waals surface area contributed by atoms with E-state index in [0.717, 1.165) is 32.9 Å². The number of furan rings is 1. The van der Waals surface area contributed by atoms with Crippen LogP contribution in [0.3, 0.4) is 0 Å². The van der Waals surface area contributed by atoms with Crippen molar-refractivity contribution in [3.8, 4) is 44.5 Å². The first-order chi connectivity index (χ1) is 28.3. The van der Waals surface area contributed by atoms with Crippen molar-refractivity contribution >= 4 is 75.8 Å². The molecule has 0 N–H and O–H groups in total. The van der Waals surface area contributed by atoms with Gasteiger partial charge in [0.25, 0.3) is 0 Å². The average molecular weight is 723 g/mol. The zero-order chi connectivity index (χ0) is 37.5. The maximum absolute atomic E-state index is 6.95. The topological polar surface area (TPSA) is 13.1 Å². The summed E-state index contributed by atoms with van der Waals surface area (Å²) in [4.78, 5) is 0. The van der Waals surface area contributed by atoms with Crippen molar-refractivity contribution in [2.45, 2.75) is 0 Å². The second-order valence-corrected chi connectivity index (χ2v) is 15.1. The zero-order valence-corrected chi connectivity index (χ0v) is 31.0. The van der Waals surface area contributed by atoms with Gasteiger partial charge in [-0.1, -0.05) is 182 Å². The number of hydrogen-bond donors (Lipinski definition) is 0. The molecule has 264 valence electrons. The van der Waals surface area contributed by atoms with Gasteiger partial charge in [-0.25, -0.2) is 0 Å². The maximum atomic E-state index is 6.95. The Bertz CT molecular complexity index is 3510. The van der Waals surface area contributed by atoms with E-state index in [1.807, 2.05) is 0 Å². The molecule has 1 nitrogen and oxygen atoms in total. The lowest BCUT2D eigenvalue weighted by Crippen LogP contribution is -1.91. The number of hydrogen-bond acceptors (Lipinski definition) is 1. The van der Waals surface area contributed by atoms with Gasteiger partial charge in [-0.3, -0.25) is 0 Å². The molecule has 1 aromatic heterocycles. The molecule has 0 fully saturated rings. The lowest BCUT2D eigenvalue weighted by Gasteiger charge is -2.18. The van der Waals surface area contributed by atoms with E-state index in [1.54, 1.807) is 0 Å². The molecule has 0 saturated heterocycles. The van der Waals surface area contributed by atoms with Crippen LogP contribution in [-0.4, -0.2) is 0 Å². The van der Waals surface area contributed by atoms with E-state index < -0.39 is 0 Å². The van der Waals surface area contributed by atoms with Gasteiger partial charge in [0.15, 0.2) is 0 Å². The smallest absolute Gasteiger partial charge is 0.143 e. The van der Waals surface area contributed by atoms with Gasteiger partial charge in [-0.05, 0) is 112 Å². The van der Waals surface area contributed by atoms with Crippen molar-refractivity contribution in [2.75, 3.05) is 0 Å². The summed E-state index contributed by atoms with van der Waals surface area (Å²) in [6.45, 7) is 0. The Balaban J connectivity index is 1.05. The van der Waals surface area contributed by atoms with E-state index in [2.05, 4.69) is 206 Å². The Hall–Kier alpha value is -7.48. The summed E-state index contributed by atoms with van der Waals surface area (Å²) in [6, 6.07) is 75.2. The maximum Gasteiger partial charge on any atom is 0.143 e. The fraction of sp³-hybridized carbons (Fsp3) is 0. The third-order valence-corrected chi connectivity index (χ3v) is 12.0. The SMILES string of the molecule is c1ccc(-c2cccc(-c3c4ccccc4c(-c4cccc(-c5ccc6ccc7c(oc8c9ccccc9c9ccccc9c78)c6c5)c4)c4ccccc34)c2)cc1. The van der Waals surface area contributed by atoms with E-state index >= 15 is 0 Å². The van der Waals surface area contributed by atoms with Crippen LogP contribution >= 0.6 is 0 Å². The molecule has 0 aliphatic carbocycles. The van der Waals surface area contributed by atoms with Crippen molar-refractivity contribution in [3.63, 3.8) is 0 Å². The Labute approximate surface area is 329 Å². The summed E-state index contributed by atoms with van der Waals surface area (Å²) in [5, 5.41) is 14.5. The molecule has 0 saturated carbocycles. The van der Waals surface area contributed by atoms with Crippen molar-refractivity contribution in [1.82, 2.24) is 0 Å². The Morgan fingerprint density at radius 3 is 1.28 bits per heavy atom. The second-order valence-electron chi connectivity index (χ2n) is 15.1. The highest BCUT2D eigenvalue weighted by Crippen LogP contribution is 2.46. The number of fused-ring (bicyclic) bond motifs is 12. The zero-order valence-electron chi connectivity index (χ0n) is 31.0. The second kappa shape index (κ2) is 12.5. The van der Waals surface area contributed by atoms with Gasteiger partial charge in [0, 0.05) is 21.5 Å². The third-order valence-electron chi connectivity index (χ3n) is 12.0. The normalized spacial score (nSPS) is 11.9. The highest BCUT2D eigenvalue weighted by Gasteiger charge is 2.19. The van der Waals surface area contributed by atoms with Crippen molar-refractivity contribution in [2.24, 2.45) is 0 Å². The Morgan fingerprint density at radius 1 is 0.228 bits per heavy atom. The molecule has 0 unspecified atom stereocenters. The lowest BCUT2D eigenvalue weighted by atomic mass is 9.85. The van der Waals surface area contributed by atoms with E-state index in [4.69, 9.17) is 4.42 Å². The molecular formula is C56H34O. The van der Waals surface area contributed by atoms with E-state index in [9.17, 15) is 0 Å². The molecule has 11 aromatic carbocycles. The summed E-state index contributed by atoms with van der Waals surface area (Å²) >= 11 is 0. The predicted molar refractivity (Wildman–Crippen MR) is 243 cm³/mol. The number of rotatable bonds is 4. The van der Waals surface area contributed by atoms with E-state index in [1.165, 1.54) is 87.4 Å². The molecular weight excluding hydrogens is 689 g/mol. The van der Waals surface area contributed by atoms with Gasteiger partial charge in [0.2, 0.25) is 0 Å². The molecule has 0 amide bonds. The minimum absolute atomic E-state index is 0.936. The van der Waals surface area contributed by atoms with Crippen molar-refractivity contribution in [1.29, 1.82) is 0 Å². The van der Waals surface area contributed by atoms with Gasteiger partial charge < -0.3 is 4.42 Å². The first-order valence-electron chi connectivity index (χ1n) is 19.7. The Morgan fingerprint density at radius 2 is 0.667 bits per heavy atom. The molecule has 0 atom stereocenters. The van der Waals surface area contributed by atoms with Gasteiger partial charge in [-0.2, -0.15) is 0 Å². The van der Waals surface area contributed by atoms with Crippen LogP contribution in [0.5, 0.6) is 0 Å². The van der Waals surface area contributed by atoms with E-state index in [-0.39, 0.29) is 0 Å². The van der Waals surface area contributed by atoms with Crippen LogP contribution in [0.25, 0.3) is 120 Å². The highest BCUT2D eigenvalue weighted by atomic mass is 16.3. The van der Waals surface area contributed by atoms with Gasteiger partial charge in [0.1, 0.15) is 11.2 Å². The van der Waals surface area contributed by atoms with Crippen LogP contribution in [0, 0.1) is 0 Å². The van der Waals surface area contributed by atoms with Gasteiger partial charge in [0.05, 0.1) is 0 Å². The van der Waals surface area contributed by atoms with Gasteiger partial charge in [-0.15, -0.1) is 0 Å². The quantitative estimate of drug-likeness (QED) is 0.130. The van der Waals surface area contributed by atoms with Crippen LogP contribution in [0.1, 0.15) is 0 Å². The van der Waals surface area contributed by atoms with Crippen LogP contribution in [0.15, 0.2) is 211 Å². The van der Waals surface area contributed by atoms with Crippen LogP contribution in [0.4, 0.5) is 0 Å². The molecule has 57 heavy (non-hydrogen) atoms. The fourth-order valence-corrected chi connectivity index (χ4v) is 9.45. The molecule has 12 aromatic rings. The van der Waals surface area contributed by atoms with Gasteiger partial charge >= 0.3 is 0 Å². The minimum Gasteiger partial charge on any atom is -0.455 e. The molecule has 1 heteroatoms. The molecule has 0 bridgehead atoms. The number of benzene rings is 11. The summed E-state index contributed by atoms with van der Waals surface area (Å²) in [5.41, 5.74) is 11.6. The molecule has 0 aliphatic rings. The van der Waals surface area contributed by atoms with Crippen LogP contribution < -0.4 is 0 Å². The van der Waals surface area contributed by atoms with Crippen molar-refractivity contribution in [3.05, 3.63) is 206 Å². The first kappa shape index (κ1) is 31.8. The van der Waals surface area contributed by atoms with Crippen LogP contribution in [-0.2, 0) is 0 Å². The monoisotopic (exact) mass is 722 g/mol. The van der Waals surface area contributed by atoms with Crippen LogP contribution in [0.2, 0.25) is 0 Å².